The van der Waals surface area contributed by atoms with Gasteiger partial charge in [0, 0.05) is 36.5 Å². The summed E-state index contributed by atoms with van der Waals surface area (Å²) in [5.41, 5.74) is 0.702. The van der Waals surface area contributed by atoms with E-state index in [1.165, 1.54) is 19.1 Å². The zero-order valence-corrected chi connectivity index (χ0v) is 12.8. The number of aliphatic carboxylic acids is 1. The lowest BCUT2D eigenvalue weighted by molar-refractivity contribution is -0.305. The van der Waals surface area contributed by atoms with Crippen molar-refractivity contribution >= 4 is 22.8 Å². The molecule has 1 aromatic carbocycles. The minimum Gasteiger partial charge on any atom is -0.550 e. The van der Waals surface area contributed by atoms with Gasteiger partial charge in [-0.3, -0.25) is 4.79 Å². The number of rotatable bonds is 6. The van der Waals surface area contributed by atoms with Gasteiger partial charge in [0.05, 0.1) is 0 Å². The molecule has 7 nitrogen and oxygen atoms in total. The summed E-state index contributed by atoms with van der Waals surface area (Å²) in [7, 11) is 0. The van der Waals surface area contributed by atoms with Crippen LogP contribution in [0, 0.1) is 6.92 Å². The highest BCUT2D eigenvalue weighted by molar-refractivity contribution is 5.83. The SMILES string of the molecule is Cc1cc(=O)oc2cc(O[C@@H](C)C(=O)NCCC(=O)[O-])ccc12. The van der Waals surface area contributed by atoms with Gasteiger partial charge in [-0.15, -0.1) is 0 Å². The number of ether oxygens (including phenoxy) is 1. The first-order valence-electron chi connectivity index (χ1n) is 7.05. The third-order valence-electron chi connectivity index (χ3n) is 3.23. The van der Waals surface area contributed by atoms with Gasteiger partial charge in [-0.2, -0.15) is 0 Å². The van der Waals surface area contributed by atoms with Gasteiger partial charge in [-0.25, -0.2) is 4.79 Å². The van der Waals surface area contributed by atoms with Crippen molar-refractivity contribution in [1.29, 1.82) is 0 Å². The topological polar surface area (TPSA) is 109 Å². The zero-order valence-electron chi connectivity index (χ0n) is 12.8. The fraction of sp³-hybridized carbons (Fsp3) is 0.312. The number of benzene rings is 1. The fourth-order valence-electron chi connectivity index (χ4n) is 2.07. The highest BCUT2D eigenvalue weighted by Gasteiger charge is 2.14. The quantitative estimate of drug-likeness (QED) is 0.758. The molecule has 1 aromatic heterocycles. The predicted molar refractivity (Wildman–Crippen MR) is 79.9 cm³/mol. The summed E-state index contributed by atoms with van der Waals surface area (Å²) in [6.07, 6.45) is -1.09. The molecule has 23 heavy (non-hydrogen) atoms. The van der Waals surface area contributed by atoms with E-state index in [9.17, 15) is 19.5 Å². The lowest BCUT2D eigenvalue weighted by Gasteiger charge is -2.15. The highest BCUT2D eigenvalue weighted by Crippen LogP contribution is 2.22. The number of carbonyl (C=O) groups is 2. The molecule has 0 saturated carbocycles. The molecule has 2 rings (SSSR count). The maximum absolute atomic E-state index is 11.8. The summed E-state index contributed by atoms with van der Waals surface area (Å²) in [4.78, 5) is 33.5. The smallest absolute Gasteiger partial charge is 0.336 e. The van der Waals surface area contributed by atoms with Crippen molar-refractivity contribution in [3.8, 4) is 5.75 Å². The molecule has 0 bridgehead atoms. The number of amides is 1. The Labute approximate surface area is 131 Å². The van der Waals surface area contributed by atoms with Crippen molar-refractivity contribution in [3.63, 3.8) is 0 Å². The van der Waals surface area contributed by atoms with Crippen LogP contribution in [0.1, 0.15) is 18.9 Å². The molecule has 1 amide bonds. The van der Waals surface area contributed by atoms with E-state index in [2.05, 4.69) is 5.32 Å². The van der Waals surface area contributed by atoms with Crippen molar-refractivity contribution in [1.82, 2.24) is 5.32 Å². The molecule has 0 aliphatic carbocycles. The second-order valence-electron chi connectivity index (χ2n) is 5.08. The third kappa shape index (κ3) is 4.32. The number of carbonyl (C=O) groups excluding carboxylic acids is 2. The van der Waals surface area contributed by atoms with Crippen LogP contribution in [0.3, 0.4) is 0 Å². The lowest BCUT2D eigenvalue weighted by Crippen LogP contribution is -2.38. The largest absolute Gasteiger partial charge is 0.550 e. The van der Waals surface area contributed by atoms with Gasteiger partial charge in [-0.1, -0.05) is 0 Å². The molecule has 122 valence electrons. The van der Waals surface area contributed by atoms with Crippen LogP contribution in [0.5, 0.6) is 5.75 Å². The summed E-state index contributed by atoms with van der Waals surface area (Å²) in [5.74, 6) is -1.32. The van der Waals surface area contributed by atoms with Gasteiger partial charge in [0.2, 0.25) is 0 Å². The number of carboxylic acid groups (broad SMARTS) is 1. The lowest BCUT2D eigenvalue weighted by atomic mass is 10.1. The number of carboxylic acids is 1. The highest BCUT2D eigenvalue weighted by atomic mass is 16.5. The Morgan fingerprint density at radius 2 is 2.09 bits per heavy atom. The van der Waals surface area contributed by atoms with Crippen LogP contribution in [0.2, 0.25) is 0 Å². The summed E-state index contributed by atoms with van der Waals surface area (Å²) >= 11 is 0. The van der Waals surface area contributed by atoms with Gasteiger partial charge >= 0.3 is 5.63 Å². The minimum atomic E-state index is -1.24. The summed E-state index contributed by atoms with van der Waals surface area (Å²) < 4.78 is 10.6. The maximum atomic E-state index is 11.8. The van der Waals surface area contributed by atoms with Crippen LogP contribution >= 0.6 is 0 Å². The number of hydrogen-bond acceptors (Lipinski definition) is 6. The first-order valence-corrected chi connectivity index (χ1v) is 7.05. The molecule has 0 fully saturated rings. The molecule has 7 heteroatoms. The molecule has 0 radical (unpaired) electrons. The third-order valence-corrected chi connectivity index (χ3v) is 3.23. The van der Waals surface area contributed by atoms with Crippen molar-refractivity contribution in [2.24, 2.45) is 0 Å². The fourth-order valence-corrected chi connectivity index (χ4v) is 2.07. The second-order valence-corrected chi connectivity index (χ2v) is 5.08. The molecule has 0 unspecified atom stereocenters. The predicted octanol–water partition coefficient (Wildman–Crippen LogP) is 0.125. The summed E-state index contributed by atoms with van der Waals surface area (Å²) in [5, 5.41) is 13.5. The summed E-state index contributed by atoms with van der Waals surface area (Å²) in [6, 6.07) is 6.34. The Bertz CT molecular complexity index is 795. The molecule has 1 heterocycles. The van der Waals surface area contributed by atoms with Gasteiger partial charge in [-0.05, 0) is 31.5 Å². The van der Waals surface area contributed by atoms with Gasteiger partial charge in [0.15, 0.2) is 6.10 Å². The van der Waals surface area contributed by atoms with E-state index in [1.54, 1.807) is 19.1 Å². The van der Waals surface area contributed by atoms with Gasteiger partial charge in [0.25, 0.3) is 5.91 Å². The minimum absolute atomic E-state index is 0.0271. The average molecular weight is 318 g/mol. The number of hydrogen-bond donors (Lipinski definition) is 1. The van der Waals surface area contributed by atoms with E-state index >= 15 is 0 Å². The Morgan fingerprint density at radius 3 is 2.78 bits per heavy atom. The van der Waals surface area contributed by atoms with Crippen LogP contribution in [0.15, 0.2) is 33.5 Å². The Hall–Kier alpha value is -2.83. The van der Waals surface area contributed by atoms with E-state index in [4.69, 9.17) is 9.15 Å². The van der Waals surface area contributed by atoms with E-state index < -0.39 is 23.6 Å². The van der Waals surface area contributed by atoms with E-state index in [-0.39, 0.29) is 13.0 Å². The van der Waals surface area contributed by atoms with Crippen molar-refractivity contribution in [2.75, 3.05) is 6.54 Å². The molecule has 0 aliphatic rings. The Kier molecular flexibility index (Phi) is 5.00. The monoisotopic (exact) mass is 318 g/mol. The zero-order chi connectivity index (χ0) is 17.0. The van der Waals surface area contributed by atoms with Gasteiger partial charge in [0.1, 0.15) is 11.3 Å². The molecule has 0 saturated heterocycles. The molecular formula is C16H16NO6-. The first kappa shape index (κ1) is 16.5. The molecule has 0 spiro atoms. The molecule has 2 aromatic rings. The standard InChI is InChI=1S/C16H17NO6/c1-9-7-15(20)23-13-8-11(3-4-12(9)13)22-10(2)16(21)17-6-5-14(18)19/h3-4,7-8,10H,5-6H2,1-2H3,(H,17,21)(H,18,19)/p-1/t10-/m0/s1. The second kappa shape index (κ2) is 6.95. The average Bonchev–Trinajstić information content (AvgIpc) is 2.46. The van der Waals surface area contributed by atoms with E-state index in [1.807, 2.05) is 0 Å². The van der Waals surface area contributed by atoms with Crippen LogP contribution < -0.4 is 20.8 Å². The Morgan fingerprint density at radius 1 is 1.35 bits per heavy atom. The van der Waals surface area contributed by atoms with Crippen LogP contribution in [-0.2, 0) is 9.59 Å². The first-order chi connectivity index (χ1) is 10.9. The molecule has 1 N–H and O–H groups in total. The van der Waals surface area contributed by atoms with Crippen molar-refractivity contribution in [2.45, 2.75) is 26.4 Å². The van der Waals surface area contributed by atoms with E-state index in [0.717, 1.165) is 10.9 Å². The number of nitrogens with one attached hydrogen (secondary N) is 1. The number of aryl methyl sites for hydroxylation is 1. The van der Waals surface area contributed by atoms with Crippen LogP contribution in [-0.4, -0.2) is 24.5 Å². The van der Waals surface area contributed by atoms with Crippen LogP contribution in [0.25, 0.3) is 11.0 Å². The molecule has 0 aliphatic heterocycles. The van der Waals surface area contributed by atoms with Crippen LogP contribution in [0.4, 0.5) is 0 Å². The molecule has 1 atom stereocenters. The normalized spacial score (nSPS) is 11.9. The van der Waals surface area contributed by atoms with Crippen molar-refractivity contribution < 1.29 is 23.8 Å². The molecular weight excluding hydrogens is 302 g/mol. The van der Waals surface area contributed by atoms with Crippen molar-refractivity contribution in [3.05, 3.63) is 40.2 Å². The van der Waals surface area contributed by atoms with Gasteiger partial charge < -0.3 is 24.4 Å². The van der Waals surface area contributed by atoms with E-state index in [0.29, 0.717) is 11.3 Å². The summed E-state index contributed by atoms with van der Waals surface area (Å²) in [6.45, 7) is 3.30. The maximum Gasteiger partial charge on any atom is 0.336 e. The Balaban J connectivity index is 2.07. The number of fused-ring (bicyclic) bond motifs is 1.